The summed E-state index contributed by atoms with van der Waals surface area (Å²) in [5.74, 6) is 0.678. The van der Waals surface area contributed by atoms with E-state index in [1.54, 1.807) is 0 Å². The van der Waals surface area contributed by atoms with Crippen LogP contribution in [0.25, 0.3) is 33.5 Å². The van der Waals surface area contributed by atoms with Crippen LogP contribution in [-0.2, 0) is 4.57 Å². The fourth-order valence-corrected chi connectivity index (χ4v) is 9.07. The lowest BCUT2D eigenvalue weighted by Crippen LogP contribution is -2.36. The van der Waals surface area contributed by atoms with E-state index in [2.05, 4.69) is 59.5 Å². The quantitative estimate of drug-likeness (QED) is 0.199. The molecule has 1 aromatic heterocycles. The van der Waals surface area contributed by atoms with Crippen molar-refractivity contribution in [1.29, 1.82) is 0 Å². The first-order chi connectivity index (χ1) is 21.2. The summed E-state index contributed by atoms with van der Waals surface area (Å²) < 4.78 is 15.1. The summed E-state index contributed by atoms with van der Waals surface area (Å²) in [6, 6.07) is 52.7. The molecule has 204 valence electrons. The molecule has 0 spiro atoms. The Labute approximate surface area is 250 Å². The number of para-hydroxylation sites is 3. The highest BCUT2D eigenvalue weighted by Crippen LogP contribution is 2.53. The van der Waals surface area contributed by atoms with Crippen LogP contribution >= 0.6 is 7.14 Å². The maximum absolute atomic E-state index is 15.1. The van der Waals surface area contributed by atoms with Crippen molar-refractivity contribution in [2.45, 2.75) is 0 Å². The van der Waals surface area contributed by atoms with Crippen molar-refractivity contribution >= 4 is 51.0 Å². The second-order valence-electron chi connectivity index (χ2n) is 10.6. The maximum atomic E-state index is 15.1. The van der Waals surface area contributed by atoms with Gasteiger partial charge in [-0.2, -0.15) is 0 Å². The average Bonchev–Trinajstić information content (AvgIpc) is 3.09. The lowest BCUT2D eigenvalue weighted by Gasteiger charge is -2.37. The standard InChI is InChI=1S/C38H26N3OP/c42-43(30-15-5-2-6-16-30)35-21-11-9-19-33(35)41(34-20-10-12-22-36(34)43)29-25-23-28(24-26-29)38-39-32-18-8-7-17-31(32)37(40-38)27-13-3-1-4-14-27/h1-26H. The van der Waals surface area contributed by atoms with Crippen molar-refractivity contribution in [3.63, 3.8) is 0 Å². The molecule has 0 saturated heterocycles. The van der Waals surface area contributed by atoms with Crippen LogP contribution in [0.3, 0.4) is 0 Å². The number of fused-ring (bicyclic) bond motifs is 3. The number of nitrogens with zero attached hydrogens (tertiary/aromatic N) is 3. The van der Waals surface area contributed by atoms with Gasteiger partial charge in [-0.1, -0.05) is 103 Å². The van der Waals surface area contributed by atoms with E-state index >= 15 is 4.57 Å². The van der Waals surface area contributed by atoms with Crippen LogP contribution in [0.4, 0.5) is 17.1 Å². The van der Waals surface area contributed by atoms with E-state index in [-0.39, 0.29) is 0 Å². The highest BCUT2D eigenvalue weighted by molar-refractivity contribution is 7.86. The van der Waals surface area contributed by atoms with E-state index in [0.29, 0.717) is 5.82 Å². The third-order valence-corrected chi connectivity index (χ3v) is 11.2. The molecule has 6 aromatic carbocycles. The van der Waals surface area contributed by atoms with Crippen LogP contribution in [0.1, 0.15) is 0 Å². The Kier molecular flexibility index (Phi) is 6.03. The number of aromatic nitrogens is 2. The molecule has 5 heteroatoms. The van der Waals surface area contributed by atoms with Gasteiger partial charge in [-0.15, -0.1) is 0 Å². The van der Waals surface area contributed by atoms with Crippen molar-refractivity contribution in [1.82, 2.24) is 9.97 Å². The van der Waals surface area contributed by atoms with Crippen molar-refractivity contribution in [3.8, 4) is 22.6 Å². The SMILES string of the molecule is O=P1(c2ccccc2)c2ccccc2N(c2ccc(-c3nc(-c4ccccc4)c4ccccc4n3)cc2)c2ccccc21. The zero-order chi connectivity index (χ0) is 28.8. The van der Waals surface area contributed by atoms with Crippen LogP contribution in [0, 0.1) is 0 Å². The fourth-order valence-electron chi connectivity index (χ4n) is 6.07. The Morgan fingerprint density at radius 1 is 0.488 bits per heavy atom. The predicted molar refractivity (Wildman–Crippen MR) is 178 cm³/mol. The average molecular weight is 572 g/mol. The zero-order valence-corrected chi connectivity index (χ0v) is 24.1. The minimum atomic E-state index is -3.08. The van der Waals surface area contributed by atoms with Crippen LogP contribution in [0.15, 0.2) is 158 Å². The van der Waals surface area contributed by atoms with Crippen LogP contribution in [-0.4, -0.2) is 9.97 Å². The lowest BCUT2D eigenvalue weighted by molar-refractivity contribution is 0.592. The van der Waals surface area contributed by atoms with Gasteiger partial charge in [0.2, 0.25) is 0 Å². The highest BCUT2D eigenvalue weighted by Gasteiger charge is 2.40. The van der Waals surface area contributed by atoms with E-state index in [4.69, 9.17) is 9.97 Å². The smallest absolute Gasteiger partial charge is 0.175 e. The first-order valence-electron chi connectivity index (χ1n) is 14.3. The normalized spacial score (nSPS) is 13.3. The molecule has 4 nitrogen and oxygen atoms in total. The number of benzene rings is 6. The molecule has 43 heavy (non-hydrogen) atoms. The van der Waals surface area contributed by atoms with Crippen molar-refractivity contribution in [2.75, 3.05) is 4.90 Å². The third-order valence-electron chi connectivity index (χ3n) is 8.08. The molecule has 0 atom stereocenters. The molecule has 8 rings (SSSR count). The van der Waals surface area contributed by atoms with Crippen LogP contribution in [0.2, 0.25) is 0 Å². The number of hydrogen-bond acceptors (Lipinski definition) is 4. The second-order valence-corrected chi connectivity index (χ2v) is 13.3. The summed E-state index contributed by atoms with van der Waals surface area (Å²) in [6.45, 7) is 0. The monoisotopic (exact) mass is 571 g/mol. The van der Waals surface area contributed by atoms with Crippen LogP contribution in [0.5, 0.6) is 0 Å². The van der Waals surface area contributed by atoms with Gasteiger partial charge in [-0.3, -0.25) is 0 Å². The van der Waals surface area contributed by atoms with E-state index in [1.807, 2.05) is 103 Å². The molecule has 0 unspecified atom stereocenters. The Morgan fingerprint density at radius 2 is 1.05 bits per heavy atom. The Morgan fingerprint density at radius 3 is 1.72 bits per heavy atom. The Balaban J connectivity index is 1.26. The molecule has 7 aromatic rings. The fraction of sp³-hybridized carbons (Fsp3) is 0. The summed E-state index contributed by atoms with van der Waals surface area (Å²) in [5, 5.41) is 3.55. The van der Waals surface area contributed by atoms with Gasteiger partial charge in [-0.25, -0.2) is 9.97 Å². The summed E-state index contributed by atoms with van der Waals surface area (Å²) in [5.41, 5.74) is 6.64. The molecular formula is C38H26N3OP. The Hall–Kier alpha value is -5.31. The van der Waals surface area contributed by atoms with Gasteiger partial charge >= 0.3 is 0 Å². The minimum absolute atomic E-state index is 0.678. The van der Waals surface area contributed by atoms with Gasteiger partial charge in [0.1, 0.15) is 0 Å². The zero-order valence-electron chi connectivity index (χ0n) is 23.2. The maximum Gasteiger partial charge on any atom is 0.175 e. The highest BCUT2D eigenvalue weighted by atomic mass is 31.2. The minimum Gasteiger partial charge on any atom is -0.309 e. The first-order valence-corrected chi connectivity index (χ1v) is 16.0. The third kappa shape index (κ3) is 4.11. The molecule has 0 bridgehead atoms. The van der Waals surface area contributed by atoms with Gasteiger partial charge in [0, 0.05) is 38.1 Å². The molecule has 0 aliphatic carbocycles. The van der Waals surface area contributed by atoms with Crippen molar-refractivity contribution < 1.29 is 4.57 Å². The predicted octanol–water partition coefficient (Wildman–Crippen LogP) is 8.39. The molecule has 2 heterocycles. The van der Waals surface area contributed by atoms with Gasteiger partial charge in [-0.05, 0) is 54.6 Å². The number of hydrogen-bond donors (Lipinski definition) is 0. The summed E-state index contributed by atoms with van der Waals surface area (Å²) in [6.07, 6.45) is 0. The second kappa shape index (κ2) is 10.2. The van der Waals surface area contributed by atoms with Gasteiger partial charge < -0.3 is 9.46 Å². The lowest BCUT2D eigenvalue weighted by atomic mass is 10.1. The molecule has 0 amide bonds. The number of rotatable bonds is 4. The summed E-state index contributed by atoms with van der Waals surface area (Å²) in [7, 11) is -3.08. The molecule has 1 aliphatic heterocycles. The van der Waals surface area contributed by atoms with Crippen molar-refractivity contribution in [3.05, 3.63) is 158 Å². The van der Waals surface area contributed by atoms with E-state index in [1.165, 1.54) is 0 Å². The molecule has 0 N–H and O–H groups in total. The molecule has 0 fully saturated rings. The van der Waals surface area contributed by atoms with Crippen molar-refractivity contribution in [2.24, 2.45) is 0 Å². The largest absolute Gasteiger partial charge is 0.309 e. The summed E-state index contributed by atoms with van der Waals surface area (Å²) in [4.78, 5) is 12.2. The topological polar surface area (TPSA) is 46.1 Å². The number of anilines is 3. The van der Waals surface area contributed by atoms with Crippen LogP contribution < -0.4 is 20.8 Å². The molecular weight excluding hydrogens is 545 g/mol. The van der Waals surface area contributed by atoms with Gasteiger partial charge in [0.05, 0.1) is 22.6 Å². The first kappa shape index (κ1) is 25.4. The molecule has 1 aliphatic rings. The van der Waals surface area contributed by atoms with Gasteiger partial charge in [0.15, 0.2) is 13.0 Å². The van der Waals surface area contributed by atoms with E-state index in [9.17, 15) is 0 Å². The van der Waals surface area contributed by atoms with E-state index in [0.717, 1.165) is 60.7 Å². The Bertz CT molecular complexity index is 2110. The van der Waals surface area contributed by atoms with Gasteiger partial charge in [0.25, 0.3) is 0 Å². The summed E-state index contributed by atoms with van der Waals surface area (Å²) >= 11 is 0. The van der Waals surface area contributed by atoms with E-state index < -0.39 is 7.14 Å². The molecule has 0 saturated carbocycles. The molecule has 0 radical (unpaired) electrons.